The van der Waals surface area contributed by atoms with Crippen molar-refractivity contribution in [2.24, 2.45) is 0 Å². The smallest absolute Gasteiger partial charge is 0.389 e. The molecule has 1 aromatic carbocycles. The first-order chi connectivity index (χ1) is 9.29. The van der Waals surface area contributed by atoms with Crippen LogP contribution in [0.4, 0.5) is 13.2 Å². The fraction of sp³-hybridized carbons (Fsp3) is 0.333. The number of aryl methyl sites for hydroxylation is 1. The topological polar surface area (TPSA) is 75.1 Å². The molecule has 2 rings (SSSR count). The van der Waals surface area contributed by atoms with Crippen LogP contribution in [0.15, 0.2) is 23.0 Å². The number of nitrogens with zero attached hydrogens (tertiary/aromatic N) is 1. The van der Waals surface area contributed by atoms with Crippen LogP contribution in [0, 0.1) is 0 Å². The van der Waals surface area contributed by atoms with Crippen molar-refractivity contribution in [3.63, 3.8) is 0 Å². The molecule has 0 saturated heterocycles. The minimum absolute atomic E-state index is 0.118. The highest BCUT2D eigenvalue weighted by Crippen LogP contribution is 2.22. The van der Waals surface area contributed by atoms with Gasteiger partial charge < -0.3 is 10.1 Å². The first kappa shape index (κ1) is 14.2. The zero-order chi connectivity index (χ0) is 14.9. The summed E-state index contributed by atoms with van der Waals surface area (Å²) >= 11 is 0. The van der Waals surface area contributed by atoms with Gasteiger partial charge in [-0.2, -0.15) is 13.2 Å². The Balaban J connectivity index is 2.40. The van der Waals surface area contributed by atoms with Gasteiger partial charge in [0.15, 0.2) is 0 Å². The molecule has 0 saturated carbocycles. The lowest BCUT2D eigenvalue weighted by molar-refractivity contribution is -0.135. The number of halogens is 3. The van der Waals surface area contributed by atoms with E-state index in [1.807, 2.05) is 0 Å². The van der Waals surface area contributed by atoms with E-state index in [4.69, 9.17) is 5.11 Å². The lowest BCUT2D eigenvalue weighted by Crippen LogP contribution is -2.19. The Kier molecular flexibility index (Phi) is 3.56. The van der Waals surface area contributed by atoms with Crippen LogP contribution in [0.2, 0.25) is 0 Å². The van der Waals surface area contributed by atoms with Crippen molar-refractivity contribution in [2.45, 2.75) is 25.6 Å². The minimum Gasteiger partial charge on any atom is -0.478 e. The van der Waals surface area contributed by atoms with E-state index >= 15 is 0 Å². The second kappa shape index (κ2) is 5.03. The highest BCUT2D eigenvalue weighted by atomic mass is 19.4. The van der Waals surface area contributed by atoms with Crippen molar-refractivity contribution in [3.8, 4) is 0 Å². The van der Waals surface area contributed by atoms with Crippen molar-refractivity contribution in [1.29, 1.82) is 0 Å². The van der Waals surface area contributed by atoms with Gasteiger partial charge >= 0.3 is 17.8 Å². The number of hydrogen-bond donors (Lipinski definition) is 2. The number of aromatic amines is 1. The van der Waals surface area contributed by atoms with Crippen LogP contribution in [0.1, 0.15) is 23.2 Å². The maximum Gasteiger partial charge on any atom is 0.389 e. The third-order valence-electron chi connectivity index (χ3n) is 2.87. The first-order valence-electron chi connectivity index (χ1n) is 5.81. The number of aromatic nitrogens is 2. The second-order valence-electron chi connectivity index (χ2n) is 4.31. The van der Waals surface area contributed by atoms with E-state index in [2.05, 4.69) is 4.98 Å². The van der Waals surface area contributed by atoms with Crippen molar-refractivity contribution in [1.82, 2.24) is 9.55 Å². The van der Waals surface area contributed by atoms with E-state index in [1.54, 1.807) is 0 Å². The summed E-state index contributed by atoms with van der Waals surface area (Å²) in [5.74, 6) is -1.24. The molecular weight excluding hydrogens is 277 g/mol. The Morgan fingerprint density at radius 3 is 2.65 bits per heavy atom. The van der Waals surface area contributed by atoms with Crippen LogP contribution in [-0.4, -0.2) is 26.8 Å². The van der Waals surface area contributed by atoms with Crippen LogP contribution < -0.4 is 5.69 Å². The van der Waals surface area contributed by atoms with E-state index < -0.39 is 24.3 Å². The standard InChI is InChI=1S/C12H11F3N2O3/c13-12(14,15)5-2-6-17-9-7(10(18)19)3-1-4-8(9)16-11(17)20/h1,3-4H,2,5-6H2,(H,16,20)(H,18,19). The number of carbonyl (C=O) groups is 1. The van der Waals surface area contributed by atoms with Gasteiger partial charge in [-0.3, -0.25) is 4.57 Å². The van der Waals surface area contributed by atoms with Gasteiger partial charge in [0.2, 0.25) is 0 Å². The predicted octanol–water partition coefficient (Wildman–Crippen LogP) is 2.37. The molecule has 1 aromatic heterocycles. The molecular formula is C12H11F3N2O3. The maximum atomic E-state index is 12.1. The summed E-state index contributed by atoms with van der Waals surface area (Å²) < 4.78 is 37.4. The van der Waals surface area contributed by atoms with E-state index in [0.29, 0.717) is 5.52 Å². The lowest BCUT2D eigenvalue weighted by atomic mass is 10.2. The number of H-pyrrole nitrogens is 1. The Bertz CT molecular complexity index is 700. The molecule has 0 bridgehead atoms. The van der Waals surface area contributed by atoms with Crippen LogP contribution >= 0.6 is 0 Å². The number of aromatic carboxylic acids is 1. The van der Waals surface area contributed by atoms with Crippen LogP contribution in [-0.2, 0) is 6.54 Å². The fourth-order valence-corrected chi connectivity index (χ4v) is 2.04. The Morgan fingerprint density at radius 1 is 1.35 bits per heavy atom. The summed E-state index contributed by atoms with van der Waals surface area (Å²) in [7, 11) is 0. The normalized spacial score (nSPS) is 11.9. The lowest BCUT2D eigenvalue weighted by Gasteiger charge is -2.07. The molecule has 0 fully saturated rings. The molecule has 0 spiro atoms. The quantitative estimate of drug-likeness (QED) is 0.907. The van der Waals surface area contributed by atoms with Crippen molar-refractivity contribution in [3.05, 3.63) is 34.2 Å². The second-order valence-corrected chi connectivity index (χ2v) is 4.31. The fourth-order valence-electron chi connectivity index (χ4n) is 2.04. The van der Waals surface area contributed by atoms with Gasteiger partial charge in [-0.25, -0.2) is 9.59 Å². The van der Waals surface area contributed by atoms with Crippen molar-refractivity contribution in [2.75, 3.05) is 0 Å². The number of imidazole rings is 1. The molecule has 0 aliphatic carbocycles. The van der Waals surface area contributed by atoms with Gasteiger partial charge in [0.05, 0.1) is 16.6 Å². The highest BCUT2D eigenvalue weighted by molar-refractivity contribution is 6.01. The highest BCUT2D eigenvalue weighted by Gasteiger charge is 2.26. The summed E-state index contributed by atoms with van der Waals surface area (Å²) in [5, 5.41) is 9.06. The van der Waals surface area contributed by atoms with E-state index in [0.717, 1.165) is 4.57 Å². The van der Waals surface area contributed by atoms with Crippen LogP contribution in [0.3, 0.4) is 0 Å². The predicted molar refractivity (Wildman–Crippen MR) is 64.8 cm³/mol. The summed E-state index contributed by atoms with van der Waals surface area (Å²) in [6.45, 7) is -0.192. The number of fused-ring (bicyclic) bond motifs is 1. The summed E-state index contributed by atoms with van der Waals surface area (Å²) in [6, 6.07) is 4.27. The first-order valence-corrected chi connectivity index (χ1v) is 5.81. The molecule has 5 nitrogen and oxygen atoms in total. The molecule has 0 unspecified atom stereocenters. The van der Waals surface area contributed by atoms with Gasteiger partial charge in [-0.1, -0.05) is 6.07 Å². The average Bonchev–Trinajstić information content (AvgIpc) is 2.64. The number of alkyl halides is 3. The molecule has 0 aliphatic rings. The SMILES string of the molecule is O=C(O)c1cccc2[nH]c(=O)n(CCCC(F)(F)F)c12. The minimum atomic E-state index is -4.30. The summed E-state index contributed by atoms with van der Waals surface area (Å²) in [4.78, 5) is 25.2. The molecule has 20 heavy (non-hydrogen) atoms. The molecule has 0 atom stereocenters. The number of benzene rings is 1. The third kappa shape index (κ3) is 2.84. The molecule has 0 aliphatic heterocycles. The van der Waals surface area contributed by atoms with Crippen LogP contribution in [0.5, 0.6) is 0 Å². The van der Waals surface area contributed by atoms with E-state index in [9.17, 15) is 22.8 Å². The Morgan fingerprint density at radius 2 is 2.05 bits per heavy atom. The van der Waals surface area contributed by atoms with Gasteiger partial charge in [-0.05, 0) is 18.6 Å². The maximum absolute atomic E-state index is 12.1. The van der Waals surface area contributed by atoms with Gasteiger partial charge in [-0.15, -0.1) is 0 Å². The molecule has 2 N–H and O–H groups in total. The molecule has 1 heterocycles. The Labute approximate surface area is 110 Å². The zero-order valence-electron chi connectivity index (χ0n) is 10.2. The molecule has 2 aromatic rings. The van der Waals surface area contributed by atoms with Crippen molar-refractivity contribution >= 4 is 17.0 Å². The number of carboxylic acids is 1. The van der Waals surface area contributed by atoms with E-state index in [1.165, 1.54) is 18.2 Å². The van der Waals surface area contributed by atoms with Gasteiger partial charge in [0, 0.05) is 13.0 Å². The number of para-hydroxylation sites is 1. The number of hydrogen-bond acceptors (Lipinski definition) is 2. The molecule has 0 amide bonds. The summed E-state index contributed by atoms with van der Waals surface area (Å²) in [6.07, 6.45) is -5.61. The largest absolute Gasteiger partial charge is 0.478 e. The number of rotatable bonds is 4. The zero-order valence-corrected chi connectivity index (χ0v) is 10.2. The Hall–Kier alpha value is -2.25. The molecule has 8 heteroatoms. The monoisotopic (exact) mass is 288 g/mol. The molecule has 0 radical (unpaired) electrons. The molecule has 108 valence electrons. The van der Waals surface area contributed by atoms with Crippen molar-refractivity contribution < 1.29 is 23.1 Å². The average molecular weight is 288 g/mol. The van der Waals surface area contributed by atoms with E-state index in [-0.39, 0.29) is 24.0 Å². The number of carboxylic acid groups (broad SMARTS) is 1. The third-order valence-corrected chi connectivity index (χ3v) is 2.87. The van der Waals surface area contributed by atoms with Gasteiger partial charge in [0.25, 0.3) is 0 Å². The summed E-state index contributed by atoms with van der Waals surface area (Å²) in [5.41, 5.74) is -0.321. The van der Waals surface area contributed by atoms with Crippen LogP contribution in [0.25, 0.3) is 11.0 Å². The van der Waals surface area contributed by atoms with Gasteiger partial charge in [0.1, 0.15) is 0 Å². The number of nitrogens with one attached hydrogen (secondary N) is 1.